The predicted molar refractivity (Wildman–Crippen MR) is 68.0 cm³/mol. The summed E-state index contributed by atoms with van der Waals surface area (Å²) < 4.78 is 0. The van der Waals surface area contributed by atoms with Gasteiger partial charge in [-0.2, -0.15) is 0 Å². The van der Waals surface area contributed by atoms with Gasteiger partial charge in [-0.1, -0.05) is 29.3 Å². The van der Waals surface area contributed by atoms with Gasteiger partial charge in [-0.3, -0.25) is 0 Å². The monoisotopic (exact) mass is 246 g/mol. The Morgan fingerprint density at radius 1 is 1.27 bits per heavy atom. The molecule has 0 spiro atoms. The van der Waals surface area contributed by atoms with E-state index in [1.807, 2.05) is 19.2 Å². The first-order valence-electron chi connectivity index (χ1n) is 5.02. The highest BCUT2D eigenvalue weighted by Crippen LogP contribution is 2.31. The largest absolute Gasteiger partial charge is 0.373 e. The molecule has 2 N–H and O–H groups in total. The normalized spacial score (nSPS) is 10.4. The van der Waals surface area contributed by atoms with Crippen LogP contribution in [0.3, 0.4) is 0 Å². The van der Waals surface area contributed by atoms with Crippen molar-refractivity contribution in [3.8, 4) is 0 Å². The topological polar surface area (TPSA) is 29.3 Å². The van der Waals surface area contributed by atoms with E-state index < -0.39 is 0 Å². The number of hydrogen-bond acceptors (Lipinski definition) is 2. The van der Waals surface area contributed by atoms with Crippen LogP contribution in [0.1, 0.15) is 12.8 Å². The smallest absolute Gasteiger partial charge is 0.0825 e. The lowest BCUT2D eigenvalue weighted by Crippen LogP contribution is -2.19. The van der Waals surface area contributed by atoms with Crippen LogP contribution in [-0.4, -0.2) is 20.1 Å². The molecule has 0 aliphatic carbocycles. The molecule has 0 saturated heterocycles. The summed E-state index contributed by atoms with van der Waals surface area (Å²) in [5.74, 6) is 0. The summed E-state index contributed by atoms with van der Waals surface area (Å²) >= 11 is 12.0. The summed E-state index contributed by atoms with van der Waals surface area (Å²) in [4.78, 5) is 2.10. The van der Waals surface area contributed by atoms with Crippen LogP contribution in [0.4, 0.5) is 5.69 Å². The molecule has 0 aliphatic heterocycles. The van der Waals surface area contributed by atoms with E-state index in [-0.39, 0.29) is 0 Å². The minimum atomic E-state index is 0.597. The Morgan fingerprint density at radius 3 is 2.67 bits per heavy atom. The highest BCUT2D eigenvalue weighted by atomic mass is 35.5. The van der Waals surface area contributed by atoms with Crippen LogP contribution in [0.5, 0.6) is 0 Å². The summed E-state index contributed by atoms with van der Waals surface area (Å²) in [6.45, 7) is 1.67. The van der Waals surface area contributed by atoms with Gasteiger partial charge in [0.15, 0.2) is 0 Å². The molecular formula is C11H16Cl2N2. The first-order valence-corrected chi connectivity index (χ1v) is 5.77. The summed E-state index contributed by atoms with van der Waals surface area (Å²) in [6.07, 6.45) is 2.10. The quantitative estimate of drug-likeness (QED) is 0.810. The highest BCUT2D eigenvalue weighted by molar-refractivity contribution is 6.43. The van der Waals surface area contributed by atoms with Crippen molar-refractivity contribution in [3.63, 3.8) is 0 Å². The second-order valence-electron chi connectivity index (χ2n) is 3.49. The maximum Gasteiger partial charge on any atom is 0.0825 e. The van der Waals surface area contributed by atoms with Gasteiger partial charge in [0.25, 0.3) is 0 Å². The zero-order valence-corrected chi connectivity index (χ0v) is 10.4. The molecule has 0 aliphatic rings. The van der Waals surface area contributed by atoms with Gasteiger partial charge in [0.1, 0.15) is 0 Å². The van der Waals surface area contributed by atoms with Crippen LogP contribution in [-0.2, 0) is 0 Å². The average molecular weight is 247 g/mol. The molecule has 0 atom stereocenters. The van der Waals surface area contributed by atoms with Crippen molar-refractivity contribution in [2.45, 2.75) is 12.8 Å². The molecule has 1 rings (SSSR count). The Kier molecular flexibility index (Phi) is 5.23. The third-order valence-electron chi connectivity index (χ3n) is 2.29. The van der Waals surface area contributed by atoms with E-state index in [0.29, 0.717) is 10.0 Å². The Balaban J connectivity index is 2.65. The summed E-state index contributed by atoms with van der Waals surface area (Å²) in [7, 11) is 2.01. The molecule has 0 unspecified atom stereocenters. The summed E-state index contributed by atoms with van der Waals surface area (Å²) in [5, 5.41) is 1.22. The Labute approximate surface area is 101 Å². The van der Waals surface area contributed by atoms with E-state index in [9.17, 15) is 0 Å². The van der Waals surface area contributed by atoms with Crippen LogP contribution in [0.15, 0.2) is 18.2 Å². The highest BCUT2D eigenvalue weighted by Gasteiger charge is 2.07. The van der Waals surface area contributed by atoms with Crippen molar-refractivity contribution in [2.75, 3.05) is 25.0 Å². The molecule has 2 nitrogen and oxygen atoms in total. The molecule has 0 radical (unpaired) electrons. The van der Waals surface area contributed by atoms with Crippen molar-refractivity contribution in [1.82, 2.24) is 0 Å². The number of unbranched alkanes of at least 4 members (excludes halogenated alkanes) is 1. The SMILES string of the molecule is CN(CCCCN)c1cccc(Cl)c1Cl. The molecule has 0 amide bonds. The van der Waals surface area contributed by atoms with Crippen molar-refractivity contribution in [2.24, 2.45) is 5.73 Å². The number of nitrogens with zero attached hydrogens (tertiary/aromatic N) is 1. The van der Waals surface area contributed by atoms with Gasteiger partial charge in [-0.25, -0.2) is 0 Å². The predicted octanol–water partition coefficient (Wildman–Crippen LogP) is 3.17. The van der Waals surface area contributed by atoms with Crippen LogP contribution in [0.2, 0.25) is 10.0 Å². The Hall–Kier alpha value is -0.440. The van der Waals surface area contributed by atoms with Crippen molar-refractivity contribution in [3.05, 3.63) is 28.2 Å². The lowest BCUT2D eigenvalue weighted by atomic mass is 10.2. The van der Waals surface area contributed by atoms with Crippen LogP contribution < -0.4 is 10.6 Å². The van der Waals surface area contributed by atoms with Crippen molar-refractivity contribution in [1.29, 1.82) is 0 Å². The zero-order chi connectivity index (χ0) is 11.3. The van der Waals surface area contributed by atoms with E-state index in [4.69, 9.17) is 28.9 Å². The fourth-order valence-corrected chi connectivity index (χ4v) is 1.84. The average Bonchev–Trinajstić information content (AvgIpc) is 2.22. The minimum Gasteiger partial charge on any atom is -0.373 e. The van der Waals surface area contributed by atoms with Crippen molar-refractivity contribution >= 4 is 28.9 Å². The molecule has 84 valence electrons. The molecule has 0 aromatic heterocycles. The first kappa shape index (κ1) is 12.6. The number of halogens is 2. The van der Waals surface area contributed by atoms with Gasteiger partial charge < -0.3 is 10.6 Å². The van der Waals surface area contributed by atoms with Crippen LogP contribution >= 0.6 is 23.2 Å². The van der Waals surface area contributed by atoms with Crippen molar-refractivity contribution < 1.29 is 0 Å². The third kappa shape index (κ3) is 3.56. The molecule has 1 aromatic carbocycles. The molecule has 4 heteroatoms. The van der Waals surface area contributed by atoms with Crippen LogP contribution in [0.25, 0.3) is 0 Å². The van der Waals surface area contributed by atoms with E-state index >= 15 is 0 Å². The number of nitrogens with two attached hydrogens (primary N) is 1. The van der Waals surface area contributed by atoms with E-state index in [0.717, 1.165) is 31.6 Å². The second kappa shape index (κ2) is 6.21. The molecule has 0 fully saturated rings. The third-order valence-corrected chi connectivity index (χ3v) is 3.10. The standard InChI is InChI=1S/C11H16Cl2N2/c1-15(8-3-2-7-14)10-6-4-5-9(12)11(10)13/h4-6H,2-3,7-8,14H2,1H3. The molecule has 0 saturated carbocycles. The fourth-order valence-electron chi connectivity index (χ4n) is 1.40. The Bertz CT molecular complexity index is 315. The van der Waals surface area contributed by atoms with Gasteiger partial charge >= 0.3 is 0 Å². The number of rotatable bonds is 5. The second-order valence-corrected chi connectivity index (χ2v) is 4.28. The fraction of sp³-hybridized carbons (Fsp3) is 0.455. The van der Waals surface area contributed by atoms with Gasteiger partial charge in [0.2, 0.25) is 0 Å². The first-order chi connectivity index (χ1) is 7.16. The summed E-state index contributed by atoms with van der Waals surface area (Å²) in [5.41, 5.74) is 6.42. The number of anilines is 1. The van der Waals surface area contributed by atoms with Gasteiger partial charge in [0.05, 0.1) is 15.7 Å². The lowest BCUT2D eigenvalue weighted by Gasteiger charge is -2.20. The molecule has 15 heavy (non-hydrogen) atoms. The van der Waals surface area contributed by atoms with Crippen LogP contribution in [0, 0.1) is 0 Å². The maximum atomic E-state index is 6.10. The van der Waals surface area contributed by atoms with Gasteiger partial charge in [0, 0.05) is 13.6 Å². The Morgan fingerprint density at radius 2 is 2.00 bits per heavy atom. The lowest BCUT2D eigenvalue weighted by molar-refractivity contribution is 0.728. The van der Waals surface area contributed by atoms with E-state index in [2.05, 4.69) is 4.90 Å². The van der Waals surface area contributed by atoms with Gasteiger partial charge in [-0.15, -0.1) is 0 Å². The van der Waals surface area contributed by atoms with E-state index in [1.165, 1.54) is 0 Å². The molecule has 0 heterocycles. The number of hydrogen-bond donors (Lipinski definition) is 1. The van der Waals surface area contributed by atoms with E-state index in [1.54, 1.807) is 6.07 Å². The van der Waals surface area contributed by atoms with Gasteiger partial charge in [-0.05, 0) is 31.5 Å². The summed E-state index contributed by atoms with van der Waals surface area (Å²) in [6, 6.07) is 5.67. The zero-order valence-electron chi connectivity index (χ0n) is 8.84. The number of benzene rings is 1. The molecule has 1 aromatic rings. The molecular weight excluding hydrogens is 231 g/mol. The molecule has 0 bridgehead atoms. The minimum absolute atomic E-state index is 0.597. The maximum absolute atomic E-state index is 6.10.